The lowest BCUT2D eigenvalue weighted by Crippen LogP contribution is -2.56. The lowest BCUT2D eigenvalue weighted by Gasteiger charge is -2.58. The maximum absolute atomic E-state index is 12.1. The summed E-state index contributed by atoms with van der Waals surface area (Å²) in [7, 11) is 0. The largest absolute Gasteiger partial charge is 0.458 e. The van der Waals surface area contributed by atoms with Gasteiger partial charge in [0.15, 0.2) is 0 Å². The van der Waals surface area contributed by atoms with E-state index in [9.17, 15) is 9.59 Å². The summed E-state index contributed by atoms with van der Waals surface area (Å²) < 4.78 is 6.18. The number of esters is 1. The fraction of sp³-hybridized carbons (Fsp3) is 0.750. The maximum Gasteiger partial charge on any atom is 0.306 e. The first-order valence-corrected chi connectivity index (χ1v) is 11.1. The Balaban J connectivity index is 1.43. The number of hydrogen-bond acceptors (Lipinski definition) is 3. The third-order valence-electron chi connectivity index (χ3n) is 9.76. The van der Waals surface area contributed by atoms with E-state index in [0.29, 0.717) is 54.1 Å². The number of ketones is 1. The number of fused-ring (bicyclic) bond motifs is 9. The number of hydrogen-bond donors (Lipinski definition) is 0. The molecule has 0 bridgehead atoms. The van der Waals surface area contributed by atoms with Crippen LogP contribution in [0.3, 0.4) is 0 Å². The Labute approximate surface area is 161 Å². The van der Waals surface area contributed by atoms with E-state index in [1.807, 2.05) is 0 Å². The number of Topliss-reactive ketones (excluding diaryl/α,β-unsaturated/α-hetero) is 1. The van der Waals surface area contributed by atoms with Crippen LogP contribution in [0.2, 0.25) is 0 Å². The molecule has 6 rings (SSSR count). The molecule has 0 aromatic rings. The molecule has 0 N–H and O–H groups in total. The molecule has 6 aliphatic rings. The quantitative estimate of drug-likeness (QED) is 0.508. The van der Waals surface area contributed by atoms with E-state index in [1.54, 1.807) is 0 Å². The van der Waals surface area contributed by atoms with E-state index in [-0.39, 0.29) is 17.0 Å². The number of rotatable bonds is 1. The zero-order valence-electron chi connectivity index (χ0n) is 16.3. The molecule has 9 atom stereocenters. The van der Waals surface area contributed by atoms with E-state index < -0.39 is 0 Å². The van der Waals surface area contributed by atoms with E-state index in [2.05, 4.69) is 25.7 Å². The Hall–Kier alpha value is -1.38. The van der Waals surface area contributed by atoms with Crippen LogP contribution in [0.5, 0.6) is 0 Å². The Bertz CT molecular complexity index is 780. The van der Waals surface area contributed by atoms with Gasteiger partial charge in [-0.2, -0.15) is 0 Å². The maximum atomic E-state index is 12.1. The number of carbonyl (C=O) groups excluding carboxylic acids is 2. The van der Waals surface area contributed by atoms with Crippen LogP contribution in [-0.2, 0) is 14.3 Å². The number of carbonyl (C=O) groups is 2. The van der Waals surface area contributed by atoms with Gasteiger partial charge < -0.3 is 4.74 Å². The van der Waals surface area contributed by atoms with Crippen molar-refractivity contribution in [2.75, 3.05) is 0 Å². The monoisotopic (exact) mass is 366 g/mol. The van der Waals surface area contributed by atoms with Crippen molar-refractivity contribution >= 4 is 11.8 Å². The van der Waals surface area contributed by atoms with E-state index in [4.69, 9.17) is 4.74 Å². The van der Waals surface area contributed by atoms with Crippen LogP contribution in [0, 0.1) is 46.8 Å². The van der Waals surface area contributed by atoms with Gasteiger partial charge in [-0.15, -0.1) is 6.58 Å². The summed E-state index contributed by atoms with van der Waals surface area (Å²) in [6.45, 7) is 6.64. The van der Waals surface area contributed by atoms with Gasteiger partial charge in [0.25, 0.3) is 0 Å². The summed E-state index contributed by atoms with van der Waals surface area (Å²) in [4.78, 5) is 24.2. The molecule has 3 nitrogen and oxygen atoms in total. The Kier molecular flexibility index (Phi) is 3.16. The Morgan fingerprint density at radius 1 is 1.19 bits per heavy atom. The van der Waals surface area contributed by atoms with Crippen molar-refractivity contribution < 1.29 is 14.3 Å². The minimum absolute atomic E-state index is 0.0292. The second-order valence-corrected chi connectivity index (χ2v) is 10.5. The highest BCUT2D eigenvalue weighted by Gasteiger charge is 2.78. The SMILES string of the molecule is C=CC1C=C2CC(=O)CCC2C2CC[C@@]3(C)C(C4CC4[C@@]34CCC(=O)O4)C12. The second kappa shape index (κ2) is 5.15. The van der Waals surface area contributed by atoms with Crippen LogP contribution in [0.1, 0.15) is 58.3 Å². The molecule has 0 radical (unpaired) electrons. The zero-order chi connectivity index (χ0) is 18.6. The second-order valence-electron chi connectivity index (χ2n) is 10.5. The smallest absolute Gasteiger partial charge is 0.306 e. The minimum Gasteiger partial charge on any atom is -0.458 e. The lowest BCUT2D eigenvalue weighted by atomic mass is 9.47. The molecule has 7 unspecified atom stereocenters. The molecular formula is C24H30O3. The number of allylic oxidation sites excluding steroid dienone is 3. The van der Waals surface area contributed by atoms with Gasteiger partial charge in [0.2, 0.25) is 0 Å². The van der Waals surface area contributed by atoms with Crippen molar-refractivity contribution in [3.63, 3.8) is 0 Å². The molecular weight excluding hydrogens is 336 g/mol. The Morgan fingerprint density at radius 2 is 2.04 bits per heavy atom. The van der Waals surface area contributed by atoms with Crippen LogP contribution in [0.4, 0.5) is 0 Å². The van der Waals surface area contributed by atoms with Crippen LogP contribution < -0.4 is 0 Å². The van der Waals surface area contributed by atoms with Gasteiger partial charge in [-0.1, -0.05) is 24.6 Å². The predicted molar refractivity (Wildman–Crippen MR) is 102 cm³/mol. The average Bonchev–Trinajstić information content (AvgIpc) is 3.29. The molecule has 5 fully saturated rings. The van der Waals surface area contributed by atoms with Gasteiger partial charge in [0, 0.05) is 30.6 Å². The first kappa shape index (κ1) is 16.6. The zero-order valence-corrected chi connectivity index (χ0v) is 16.3. The van der Waals surface area contributed by atoms with E-state index >= 15 is 0 Å². The summed E-state index contributed by atoms with van der Waals surface area (Å²) in [5.41, 5.74) is 1.36. The van der Waals surface area contributed by atoms with Gasteiger partial charge in [-0.25, -0.2) is 0 Å². The molecule has 1 heterocycles. The molecule has 0 amide bonds. The predicted octanol–water partition coefficient (Wildman–Crippen LogP) is 4.47. The van der Waals surface area contributed by atoms with Crippen molar-refractivity contribution in [1.29, 1.82) is 0 Å². The Morgan fingerprint density at radius 3 is 2.78 bits per heavy atom. The van der Waals surface area contributed by atoms with Crippen LogP contribution in [0.15, 0.2) is 24.3 Å². The summed E-state index contributed by atoms with van der Waals surface area (Å²) >= 11 is 0. The standard InChI is InChI=1S/C24H30O3/c1-3-13-10-14-11-15(25)4-5-16(14)17-6-8-23(2)22(21(13)17)18-12-19(18)24(23)9-7-20(26)27-24/h3,10,13,16-19,21-22H,1,4-9,11-12H2,2H3/t13?,16?,17?,18?,19?,21?,22?,23-,24-/m0/s1. The van der Waals surface area contributed by atoms with Gasteiger partial charge in [-0.05, 0) is 67.6 Å². The highest BCUT2D eigenvalue weighted by molar-refractivity contribution is 5.82. The fourth-order valence-electron chi connectivity index (χ4n) is 8.79. The molecule has 0 aromatic carbocycles. The van der Waals surface area contributed by atoms with Crippen molar-refractivity contribution in [1.82, 2.24) is 0 Å². The number of ether oxygens (including phenoxy) is 1. The van der Waals surface area contributed by atoms with Crippen molar-refractivity contribution in [2.24, 2.45) is 46.8 Å². The lowest BCUT2D eigenvalue weighted by molar-refractivity contribution is -0.174. The van der Waals surface area contributed by atoms with Gasteiger partial charge >= 0.3 is 5.97 Å². The highest BCUT2D eigenvalue weighted by atomic mass is 16.6. The van der Waals surface area contributed by atoms with Gasteiger partial charge in [0.05, 0.1) is 0 Å². The van der Waals surface area contributed by atoms with Crippen molar-refractivity contribution in [3.05, 3.63) is 24.3 Å². The summed E-state index contributed by atoms with van der Waals surface area (Å²) in [6.07, 6.45) is 12.3. The van der Waals surface area contributed by atoms with Gasteiger partial charge in [-0.3, -0.25) is 9.59 Å². The summed E-state index contributed by atoms with van der Waals surface area (Å²) in [5, 5.41) is 0. The molecule has 3 heteroatoms. The molecule has 1 spiro atoms. The van der Waals surface area contributed by atoms with E-state index in [1.165, 1.54) is 24.8 Å². The molecule has 144 valence electrons. The highest BCUT2D eigenvalue weighted by Crippen LogP contribution is 2.78. The normalized spacial score (nSPS) is 55.1. The van der Waals surface area contributed by atoms with Crippen molar-refractivity contribution in [3.8, 4) is 0 Å². The van der Waals surface area contributed by atoms with Crippen LogP contribution in [0.25, 0.3) is 0 Å². The fourth-order valence-corrected chi connectivity index (χ4v) is 8.79. The molecule has 27 heavy (non-hydrogen) atoms. The first-order valence-electron chi connectivity index (χ1n) is 11.1. The van der Waals surface area contributed by atoms with Crippen LogP contribution >= 0.6 is 0 Å². The third kappa shape index (κ3) is 1.89. The summed E-state index contributed by atoms with van der Waals surface area (Å²) in [5.74, 6) is 4.72. The molecule has 4 saturated carbocycles. The van der Waals surface area contributed by atoms with Crippen molar-refractivity contribution in [2.45, 2.75) is 63.9 Å². The average molecular weight is 367 g/mol. The van der Waals surface area contributed by atoms with E-state index in [0.717, 1.165) is 25.2 Å². The molecule has 5 aliphatic carbocycles. The van der Waals surface area contributed by atoms with Gasteiger partial charge in [0.1, 0.15) is 11.4 Å². The topological polar surface area (TPSA) is 43.4 Å². The molecule has 0 aromatic heterocycles. The minimum atomic E-state index is -0.178. The first-order chi connectivity index (χ1) is 13.0. The summed E-state index contributed by atoms with van der Waals surface area (Å²) in [6, 6.07) is 0. The molecule has 1 saturated heterocycles. The van der Waals surface area contributed by atoms with Crippen LogP contribution in [-0.4, -0.2) is 17.4 Å². The third-order valence-corrected chi connectivity index (χ3v) is 9.76. The molecule has 1 aliphatic heterocycles.